The summed E-state index contributed by atoms with van der Waals surface area (Å²) in [5.74, 6) is 1.41. The molecule has 0 saturated heterocycles. The molecule has 2 aromatic heterocycles. The van der Waals surface area contributed by atoms with Crippen LogP contribution in [0.15, 0.2) is 55.0 Å². The largest absolute Gasteiger partial charge is 0.340 e. The summed E-state index contributed by atoms with van der Waals surface area (Å²) in [6.45, 7) is 1.96. The van der Waals surface area contributed by atoms with E-state index in [4.69, 9.17) is 11.6 Å². The molecule has 0 aliphatic rings. The molecule has 0 spiro atoms. The lowest BCUT2D eigenvalue weighted by Crippen LogP contribution is -2.00. The Morgan fingerprint density at radius 3 is 2.67 bits per heavy atom. The molecule has 0 unspecified atom stereocenters. The molecule has 0 aliphatic heterocycles. The van der Waals surface area contributed by atoms with Crippen LogP contribution in [0.4, 0.5) is 11.5 Å². The molecule has 0 saturated carbocycles. The Morgan fingerprint density at radius 1 is 1.10 bits per heavy atom. The van der Waals surface area contributed by atoms with Crippen LogP contribution in [0.25, 0.3) is 11.4 Å². The number of hydrogen-bond donors (Lipinski definition) is 1. The maximum atomic E-state index is 6.02. The lowest BCUT2D eigenvalue weighted by molar-refractivity contribution is 1.14. The highest BCUT2D eigenvalue weighted by Crippen LogP contribution is 2.23. The van der Waals surface area contributed by atoms with Crippen molar-refractivity contribution in [2.75, 3.05) is 5.32 Å². The lowest BCUT2D eigenvalue weighted by Gasteiger charge is -2.10. The van der Waals surface area contributed by atoms with E-state index in [0.717, 1.165) is 22.6 Å². The first-order valence-electron chi connectivity index (χ1n) is 6.49. The number of benzene rings is 1. The molecule has 0 radical (unpaired) electrons. The van der Waals surface area contributed by atoms with Crippen molar-refractivity contribution in [3.8, 4) is 11.4 Å². The van der Waals surface area contributed by atoms with Gasteiger partial charge in [-0.2, -0.15) is 0 Å². The highest BCUT2D eigenvalue weighted by atomic mass is 35.5. The smallest absolute Gasteiger partial charge is 0.161 e. The predicted octanol–water partition coefficient (Wildman–Crippen LogP) is 4.24. The molecule has 0 aliphatic carbocycles. The fourth-order valence-electron chi connectivity index (χ4n) is 1.91. The summed E-state index contributed by atoms with van der Waals surface area (Å²) in [7, 11) is 0. The van der Waals surface area contributed by atoms with Gasteiger partial charge in [0.15, 0.2) is 5.82 Å². The summed E-state index contributed by atoms with van der Waals surface area (Å²) >= 11 is 6.02. The summed E-state index contributed by atoms with van der Waals surface area (Å²) < 4.78 is 0. The molecule has 3 rings (SSSR count). The van der Waals surface area contributed by atoms with Crippen molar-refractivity contribution in [1.82, 2.24) is 15.0 Å². The summed E-state index contributed by atoms with van der Waals surface area (Å²) in [5, 5.41) is 3.94. The highest BCUT2D eigenvalue weighted by molar-refractivity contribution is 6.30. The zero-order valence-electron chi connectivity index (χ0n) is 11.4. The molecule has 104 valence electrons. The number of halogens is 1. The molecule has 1 aromatic carbocycles. The molecule has 0 fully saturated rings. The molecule has 4 nitrogen and oxygen atoms in total. The molecule has 21 heavy (non-hydrogen) atoms. The van der Waals surface area contributed by atoms with Gasteiger partial charge in [0.25, 0.3) is 0 Å². The number of aryl methyl sites for hydroxylation is 1. The normalized spacial score (nSPS) is 10.4. The van der Waals surface area contributed by atoms with E-state index >= 15 is 0 Å². The number of aromatic nitrogens is 3. The average Bonchev–Trinajstić information content (AvgIpc) is 2.50. The maximum absolute atomic E-state index is 6.02. The second-order valence-corrected chi connectivity index (χ2v) is 5.03. The van der Waals surface area contributed by atoms with Crippen molar-refractivity contribution >= 4 is 23.1 Å². The standard InChI is InChI=1S/C16H13ClN4/c1-11-10-19-16(12-3-2-4-13(17)9-12)21-15(11)20-14-5-7-18-8-6-14/h2-10H,1H3,(H,18,19,20,21). The maximum Gasteiger partial charge on any atom is 0.161 e. The first-order valence-corrected chi connectivity index (χ1v) is 6.87. The Morgan fingerprint density at radius 2 is 1.90 bits per heavy atom. The lowest BCUT2D eigenvalue weighted by atomic mass is 10.2. The Bertz CT molecular complexity index is 759. The first kappa shape index (κ1) is 13.5. The second kappa shape index (κ2) is 5.89. The van der Waals surface area contributed by atoms with E-state index in [1.807, 2.05) is 43.3 Å². The number of hydrogen-bond acceptors (Lipinski definition) is 4. The first-order chi connectivity index (χ1) is 10.2. The van der Waals surface area contributed by atoms with Crippen molar-refractivity contribution in [2.45, 2.75) is 6.92 Å². The zero-order valence-corrected chi connectivity index (χ0v) is 12.2. The monoisotopic (exact) mass is 296 g/mol. The second-order valence-electron chi connectivity index (χ2n) is 4.60. The molecule has 5 heteroatoms. The van der Waals surface area contributed by atoms with Gasteiger partial charge in [0.1, 0.15) is 5.82 Å². The minimum Gasteiger partial charge on any atom is -0.340 e. The van der Waals surface area contributed by atoms with Crippen LogP contribution in [-0.2, 0) is 0 Å². The Balaban J connectivity index is 1.97. The van der Waals surface area contributed by atoms with Crippen molar-refractivity contribution < 1.29 is 0 Å². The molecule has 3 aromatic rings. The van der Waals surface area contributed by atoms with Crippen molar-refractivity contribution in [3.05, 3.63) is 65.6 Å². The topological polar surface area (TPSA) is 50.7 Å². The summed E-state index contributed by atoms with van der Waals surface area (Å²) in [5.41, 5.74) is 2.79. The molecular formula is C16H13ClN4. The van der Waals surface area contributed by atoms with Gasteiger partial charge in [-0.25, -0.2) is 9.97 Å². The van der Waals surface area contributed by atoms with Gasteiger partial charge in [-0.1, -0.05) is 23.7 Å². The van der Waals surface area contributed by atoms with Gasteiger partial charge < -0.3 is 5.32 Å². The zero-order chi connectivity index (χ0) is 14.7. The number of anilines is 2. The number of pyridine rings is 1. The summed E-state index contributed by atoms with van der Waals surface area (Å²) in [6, 6.07) is 11.3. The fourth-order valence-corrected chi connectivity index (χ4v) is 2.10. The predicted molar refractivity (Wildman–Crippen MR) is 84.7 cm³/mol. The molecule has 0 atom stereocenters. The van der Waals surface area contributed by atoms with Crippen LogP contribution >= 0.6 is 11.6 Å². The minimum atomic E-state index is 0.639. The average molecular weight is 297 g/mol. The Hall–Kier alpha value is -2.46. The Kier molecular flexibility index (Phi) is 3.79. The van der Waals surface area contributed by atoms with Crippen LogP contribution in [0.3, 0.4) is 0 Å². The molecule has 2 heterocycles. The van der Waals surface area contributed by atoms with Gasteiger partial charge in [0.2, 0.25) is 0 Å². The third kappa shape index (κ3) is 3.17. The fraction of sp³-hybridized carbons (Fsp3) is 0.0625. The quantitative estimate of drug-likeness (QED) is 0.785. The van der Waals surface area contributed by atoms with E-state index in [1.165, 1.54) is 0 Å². The third-order valence-corrected chi connectivity index (χ3v) is 3.23. The molecule has 0 bridgehead atoms. The Labute approximate surface area is 127 Å². The number of nitrogens with zero attached hydrogens (tertiary/aromatic N) is 3. The van der Waals surface area contributed by atoms with E-state index in [0.29, 0.717) is 10.8 Å². The van der Waals surface area contributed by atoms with E-state index < -0.39 is 0 Å². The van der Waals surface area contributed by atoms with Crippen LogP contribution in [-0.4, -0.2) is 15.0 Å². The van der Waals surface area contributed by atoms with E-state index in [9.17, 15) is 0 Å². The van der Waals surface area contributed by atoms with E-state index in [1.54, 1.807) is 18.6 Å². The summed E-state index contributed by atoms with van der Waals surface area (Å²) in [6.07, 6.45) is 5.26. The van der Waals surface area contributed by atoms with Crippen molar-refractivity contribution in [3.63, 3.8) is 0 Å². The van der Waals surface area contributed by atoms with Gasteiger partial charge in [0.05, 0.1) is 0 Å². The number of nitrogens with one attached hydrogen (secondary N) is 1. The number of rotatable bonds is 3. The van der Waals surface area contributed by atoms with Gasteiger partial charge in [-0.15, -0.1) is 0 Å². The van der Waals surface area contributed by atoms with Gasteiger partial charge >= 0.3 is 0 Å². The van der Waals surface area contributed by atoms with Gasteiger partial charge in [-0.05, 0) is 31.2 Å². The van der Waals surface area contributed by atoms with Gasteiger partial charge in [-0.3, -0.25) is 4.98 Å². The van der Waals surface area contributed by atoms with Crippen molar-refractivity contribution in [1.29, 1.82) is 0 Å². The highest BCUT2D eigenvalue weighted by Gasteiger charge is 2.07. The van der Waals surface area contributed by atoms with Crippen LogP contribution < -0.4 is 5.32 Å². The minimum absolute atomic E-state index is 0.639. The van der Waals surface area contributed by atoms with E-state index in [-0.39, 0.29) is 0 Å². The summed E-state index contributed by atoms with van der Waals surface area (Å²) in [4.78, 5) is 12.9. The molecule has 1 N–H and O–H groups in total. The molecular weight excluding hydrogens is 284 g/mol. The SMILES string of the molecule is Cc1cnc(-c2cccc(Cl)c2)nc1Nc1ccncc1. The van der Waals surface area contributed by atoms with Crippen LogP contribution in [0.1, 0.15) is 5.56 Å². The van der Waals surface area contributed by atoms with Gasteiger partial charge in [0, 0.05) is 40.4 Å². The molecule has 0 amide bonds. The van der Waals surface area contributed by atoms with E-state index in [2.05, 4.69) is 20.3 Å². The van der Waals surface area contributed by atoms with Crippen LogP contribution in [0.2, 0.25) is 5.02 Å². The van der Waals surface area contributed by atoms with Crippen LogP contribution in [0, 0.1) is 6.92 Å². The van der Waals surface area contributed by atoms with Crippen LogP contribution in [0.5, 0.6) is 0 Å². The third-order valence-electron chi connectivity index (χ3n) is 3.00. The van der Waals surface area contributed by atoms with Crippen molar-refractivity contribution in [2.24, 2.45) is 0 Å².